The second-order valence-corrected chi connectivity index (χ2v) is 7.03. The topological polar surface area (TPSA) is 78.8 Å². The van der Waals surface area contributed by atoms with E-state index in [1.54, 1.807) is 12.1 Å². The number of aromatic hydroxyl groups is 1. The molecule has 6 heteroatoms. The van der Waals surface area contributed by atoms with E-state index >= 15 is 0 Å². The second kappa shape index (κ2) is 8.88. The van der Waals surface area contributed by atoms with Crippen LogP contribution < -0.4 is 5.32 Å². The Bertz CT molecular complexity index is 939. The van der Waals surface area contributed by atoms with Gasteiger partial charge in [0.15, 0.2) is 0 Å². The molecule has 3 rings (SSSR count). The van der Waals surface area contributed by atoms with E-state index in [0.717, 1.165) is 15.2 Å². The number of phenols is 1. The number of carbonyl (C=O) groups excluding carboxylic acids is 1. The molecule has 0 spiro atoms. The van der Waals surface area contributed by atoms with Crippen LogP contribution in [0.15, 0.2) is 65.1 Å². The van der Waals surface area contributed by atoms with Crippen molar-refractivity contribution in [3.05, 3.63) is 70.7 Å². The molecular weight excluding hydrogens is 410 g/mol. The predicted octanol–water partition coefficient (Wildman–Crippen LogP) is 5.37. The molecule has 0 bridgehead atoms. The van der Waals surface area contributed by atoms with Crippen LogP contribution in [0.3, 0.4) is 0 Å². The van der Waals surface area contributed by atoms with Gasteiger partial charge in [-0.1, -0.05) is 52.3 Å². The zero-order chi connectivity index (χ0) is 19.2. The number of anilines is 1. The van der Waals surface area contributed by atoms with Crippen LogP contribution in [0.2, 0.25) is 0 Å². The first kappa shape index (κ1) is 19.2. The smallest absolute Gasteiger partial charge is 0.412 e. The molecule has 3 N–H and O–H groups in total. The highest BCUT2D eigenvalue weighted by Crippen LogP contribution is 2.33. The third kappa shape index (κ3) is 4.78. The van der Waals surface area contributed by atoms with Crippen molar-refractivity contribution >= 4 is 38.5 Å². The van der Waals surface area contributed by atoms with Crippen molar-refractivity contribution in [3.63, 3.8) is 0 Å². The molecule has 0 radical (unpaired) electrons. The summed E-state index contributed by atoms with van der Waals surface area (Å²) < 4.78 is 6.35. The SMILES string of the molecule is O=C(Nc1cccc2ccccc12)O[C@@H](CCCO)c1cc(Br)ccc1O. The number of hydrogen-bond donors (Lipinski definition) is 3. The number of fused-ring (bicyclic) bond motifs is 1. The maximum atomic E-state index is 12.5. The average Bonchev–Trinajstić information content (AvgIpc) is 2.67. The van der Waals surface area contributed by atoms with E-state index in [1.807, 2.05) is 42.5 Å². The van der Waals surface area contributed by atoms with Gasteiger partial charge in [-0.2, -0.15) is 0 Å². The molecule has 0 aromatic heterocycles. The summed E-state index contributed by atoms with van der Waals surface area (Å²) >= 11 is 3.36. The van der Waals surface area contributed by atoms with Gasteiger partial charge in [0.2, 0.25) is 0 Å². The van der Waals surface area contributed by atoms with Crippen LogP contribution in [-0.4, -0.2) is 22.9 Å². The fraction of sp³-hybridized carbons (Fsp3) is 0.190. The molecule has 27 heavy (non-hydrogen) atoms. The summed E-state index contributed by atoms with van der Waals surface area (Å²) in [6.07, 6.45) is -0.458. The summed E-state index contributed by atoms with van der Waals surface area (Å²) in [4.78, 5) is 12.5. The van der Waals surface area contributed by atoms with E-state index in [2.05, 4.69) is 21.2 Å². The number of ether oxygens (including phenoxy) is 1. The van der Waals surface area contributed by atoms with Gasteiger partial charge in [-0.3, -0.25) is 5.32 Å². The Labute approximate surface area is 165 Å². The Balaban J connectivity index is 1.81. The number of benzene rings is 3. The van der Waals surface area contributed by atoms with Gasteiger partial charge in [0.1, 0.15) is 11.9 Å². The molecule has 0 saturated heterocycles. The molecule has 0 unspecified atom stereocenters. The van der Waals surface area contributed by atoms with Crippen molar-refractivity contribution < 1.29 is 19.7 Å². The standard InChI is InChI=1S/C21H20BrNO4/c22-15-10-11-19(25)17(13-15)20(9-4-12-24)27-21(26)23-18-8-3-6-14-5-1-2-7-16(14)18/h1-3,5-8,10-11,13,20,24-25H,4,9,12H2,(H,23,26)/t20-/m0/s1. The predicted molar refractivity (Wildman–Crippen MR) is 109 cm³/mol. The number of aliphatic hydroxyl groups is 1. The van der Waals surface area contributed by atoms with Crippen LogP contribution in [0.25, 0.3) is 10.8 Å². The molecule has 0 fully saturated rings. The Morgan fingerprint density at radius 2 is 1.89 bits per heavy atom. The first-order chi connectivity index (χ1) is 13.1. The fourth-order valence-electron chi connectivity index (χ4n) is 2.94. The maximum Gasteiger partial charge on any atom is 0.412 e. The summed E-state index contributed by atoms with van der Waals surface area (Å²) in [6, 6.07) is 18.3. The van der Waals surface area contributed by atoms with Crippen molar-refractivity contribution in [2.75, 3.05) is 11.9 Å². The van der Waals surface area contributed by atoms with Crippen molar-refractivity contribution in [2.24, 2.45) is 0 Å². The number of rotatable bonds is 6. The van der Waals surface area contributed by atoms with Gasteiger partial charge in [0.05, 0.1) is 5.69 Å². The summed E-state index contributed by atoms with van der Waals surface area (Å²) in [6.45, 7) is -0.0282. The Morgan fingerprint density at radius 3 is 2.70 bits per heavy atom. The van der Waals surface area contributed by atoms with E-state index < -0.39 is 12.2 Å². The largest absolute Gasteiger partial charge is 0.508 e. The third-order valence-electron chi connectivity index (χ3n) is 4.24. The van der Waals surface area contributed by atoms with Gasteiger partial charge in [-0.15, -0.1) is 0 Å². The van der Waals surface area contributed by atoms with Crippen molar-refractivity contribution in [1.29, 1.82) is 0 Å². The monoisotopic (exact) mass is 429 g/mol. The quantitative estimate of drug-likeness (QED) is 0.491. The molecule has 0 saturated carbocycles. The van der Waals surface area contributed by atoms with E-state index in [-0.39, 0.29) is 12.4 Å². The van der Waals surface area contributed by atoms with Crippen molar-refractivity contribution in [2.45, 2.75) is 18.9 Å². The molecule has 140 valence electrons. The Morgan fingerprint density at radius 1 is 1.11 bits per heavy atom. The van der Waals surface area contributed by atoms with Crippen molar-refractivity contribution in [1.82, 2.24) is 0 Å². The molecule has 3 aromatic carbocycles. The molecule has 5 nitrogen and oxygen atoms in total. The van der Waals surface area contributed by atoms with Crippen LogP contribution in [-0.2, 0) is 4.74 Å². The number of amides is 1. The first-order valence-corrected chi connectivity index (χ1v) is 9.42. The zero-order valence-corrected chi connectivity index (χ0v) is 16.1. The van der Waals surface area contributed by atoms with Gasteiger partial charge in [0.25, 0.3) is 0 Å². The van der Waals surface area contributed by atoms with Crippen LogP contribution in [0.5, 0.6) is 5.75 Å². The minimum absolute atomic E-state index is 0.0282. The van der Waals surface area contributed by atoms with Crippen molar-refractivity contribution in [3.8, 4) is 5.75 Å². The van der Waals surface area contributed by atoms with Gasteiger partial charge in [0, 0.05) is 22.0 Å². The Kier molecular flexibility index (Phi) is 6.32. The minimum atomic E-state index is -0.676. The first-order valence-electron chi connectivity index (χ1n) is 8.63. The molecule has 0 aliphatic heterocycles. The third-order valence-corrected chi connectivity index (χ3v) is 4.73. The van der Waals surface area contributed by atoms with Crippen LogP contribution >= 0.6 is 15.9 Å². The van der Waals surface area contributed by atoms with E-state index in [0.29, 0.717) is 24.1 Å². The van der Waals surface area contributed by atoms with E-state index in [1.165, 1.54) is 6.07 Å². The highest BCUT2D eigenvalue weighted by molar-refractivity contribution is 9.10. The number of halogens is 1. The highest BCUT2D eigenvalue weighted by Gasteiger charge is 2.20. The maximum absolute atomic E-state index is 12.5. The lowest BCUT2D eigenvalue weighted by molar-refractivity contribution is 0.0980. The number of phenolic OH excluding ortho intramolecular Hbond substituents is 1. The number of aliphatic hydroxyl groups excluding tert-OH is 1. The van der Waals surface area contributed by atoms with Gasteiger partial charge in [-0.05, 0) is 42.5 Å². The normalized spacial score (nSPS) is 11.9. The van der Waals surface area contributed by atoms with Gasteiger partial charge < -0.3 is 14.9 Å². The second-order valence-electron chi connectivity index (χ2n) is 6.11. The lowest BCUT2D eigenvalue weighted by Gasteiger charge is -2.20. The van der Waals surface area contributed by atoms with Gasteiger partial charge in [-0.25, -0.2) is 4.79 Å². The van der Waals surface area contributed by atoms with Crippen LogP contribution in [0.4, 0.5) is 10.5 Å². The molecule has 0 aliphatic carbocycles. The molecule has 3 aromatic rings. The number of nitrogens with one attached hydrogen (secondary N) is 1. The van der Waals surface area contributed by atoms with Crippen LogP contribution in [0, 0.1) is 0 Å². The highest BCUT2D eigenvalue weighted by atomic mass is 79.9. The van der Waals surface area contributed by atoms with Crippen LogP contribution in [0.1, 0.15) is 24.5 Å². The summed E-state index contributed by atoms with van der Waals surface area (Å²) in [5.74, 6) is 0.0408. The summed E-state index contributed by atoms with van der Waals surface area (Å²) in [7, 11) is 0. The summed E-state index contributed by atoms with van der Waals surface area (Å²) in [5.41, 5.74) is 1.14. The average molecular weight is 430 g/mol. The zero-order valence-electron chi connectivity index (χ0n) is 14.6. The molecule has 1 amide bonds. The lowest BCUT2D eigenvalue weighted by atomic mass is 10.0. The Hall–Kier alpha value is -2.57. The van der Waals surface area contributed by atoms with E-state index in [4.69, 9.17) is 9.84 Å². The fourth-order valence-corrected chi connectivity index (χ4v) is 3.32. The van der Waals surface area contributed by atoms with E-state index in [9.17, 15) is 9.90 Å². The molecular formula is C21H20BrNO4. The molecule has 0 heterocycles. The molecule has 0 aliphatic rings. The lowest BCUT2D eigenvalue weighted by Crippen LogP contribution is -2.18. The minimum Gasteiger partial charge on any atom is -0.508 e. The summed E-state index contributed by atoms with van der Waals surface area (Å²) in [5, 5.41) is 24.0. The number of carbonyl (C=O) groups is 1. The number of hydrogen-bond acceptors (Lipinski definition) is 4. The molecule has 1 atom stereocenters. The van der Waals surface area contributed by atoms with Gasteiger partial charge >= 0.3 is 6.09 Å².